The Bertz CT molecular complexity index is 1190. The van der Waals surface area contributed by atoms with Gasteiger partial charge in [0.2, 0.25) is 10.4 Å². The molecule has 0 unspecified atom stereocenters. The minimum Gasteiger partial charge on any atom is -0.587 e. The predicted octanol–water partition coefficient (Wildman–Crippen LogP) is 3.44. The topological polar surface area (TPSA) is 111 Å². The maximum Gasteiger partial charge on any atom is 0.410 e. The fourth-order valence-electron chi connectivity index (χ4n) is 3.45. The molecule has 0 N–H and O–H groups in total. The van der Waals surface area contributed by atoms with Crippen molar-refractivity contribution in [2.45, 2.75) is 25.2 Å². The molecule has 2 aromatic carbocycles. The summed E-state index contributed by atoms with van der Waals surface area (Å²) in [7, 11) is 0. The molecular weight excluding hydrogens is 482 g/mol. The van der Waals surface area contributed by atoms with E-state index in [1.165, 1.54) is 11.0 Å². The summed E-state index contributed by atoms with van der Waals surface area (Å²) in [5.41, 5.74) is 1.45. The lowest BCUT2D eigenvalue weighted by molar-refractivity contribution is -0.759. The molecule has 3 aromatic rings. The van der Waals surface area contributed by atoms with Gasteiger partial charge in [-0.15, -0.1) is 5.01 Å². The molecule has 4 rings (SSSR count). The summed E-state index contributed by atoms with van der Waals surface area (Å²) >= 11 is 0.912. The van der Waals surface area contributed by atoms with Gasteiger partial charge in [0.1, 0.15) is 12.5 Å². The molecule has 188 valence electrons. The smallest absolute Gasteiger partial charge is 0.410 e. The first-order valence-electron chi connectivity index (χ1n) is 11.5. The van der Waals surface area contributed by atoms with Gasteiger partial charge in [-0.05, 0) is 19.4 Å². The second-order valence-corrected chi connectivity index (χ2v) is 10.2. The molecule has 2 heterocycles. The number of nitrogens with zero attached hydrogens (tertiary/aromatic N) is 5. The van der Waals surface area contributed by atoms with Crippen molar-refractivity contribution in [3.63, 3.8) is 0 Å². The van der Waals surface area contributed by atoms with Crippen LogP contribution in [0.4, 0.5) is 10.7 Å². The zero-order valence-electron chi connectivity index (χ0n) is 20.1. The van der Waals surface area contributed by atoms with Crippen LogP contribution < -0.4 is 9.80 Å². The summed E-state index contributed by atoms with van der Waals surface area (Å²) in [6, 6.07) is 18.3. The Morgan fingerprint density at radius 3 is 2.33 bits per heavy atom. The number of carbonyl (C=O) groups excluding carboxylic acids is 3. The van der Waals surface area contributed by atoms with E-state index in [1.807, 2.05) is 41.4 Å². The number of carbonyl (C=O) groups is 3. The van der Waals surface area contributed by atoms with Crippen LogP contribution in [0.5, 0.6) is 0 Å². The molecule has 0 saturated carbocycles. The van der Waals surface area contributed by atoms with Gasteiger partial charge in [-0.25, -0.2) is 4.79 Å². The average molecular weight is 510 g/mol. The Kier molecular flexibility index (Phi) is 7.89. The Balaban J connectivity index is 1.26. The first kappa shape index (κ1) is 25.2. The van der Waals surface area contributed by atoms with E-state index in [9.17, 15) is 14.4 Å². The van der Waals surface area contributed by atoms with Gasteiger partial charge in [0, 0.05) is 18.7 Å². The summed E-state index contributed by atoms with van der Waals surface area (Å²) in [4.78, 5) is 40.7. The van der Waals surface area contributed by atoms with Gasteiger partial charge < -0.3 is 24.3 Å². The summed E-state index contributed by atoms with van der Waals surface area (Å²) in [6.45, 7) is 5.41. The standard InChI is InChI=1S/C25H27N5O5S/c1-25(2,36-22(31)20-11-7-4-8-12-20)23(32)26-21-17-30(27-35-21)29-15-13-28(14-16-29)24(33)34-18-19-9-5-3-6-10-19/h3-12,17H,13-16,18H2,1-2H3. The summed E-state index contributed by atoms with van der Waals surface area (Å²) in [6.07, 6.45) is 1.14. The zero-order chi connectivity index (χ0) is 25.5. The summed E-state index contributed by atoms with van der Waals surface area (Å²) in [5.74, 6) is -0.475. The highest BCUT2D eigenvalue weighted by Gasteiger charge is 2.30. The Morgan fingerprint density at radius 2 is 1.67 bits per heavy atom. The SMILES string of the molecule is CC(C)(SC(=O)c1ccccc1)C(=O)[N-]c1c[n+](N2CCN(C(=O)OCc3ccccc3)CC2)no1. The molecule has 1 aromatic heterocycles. The van der Waals surface area contributed by atoms with Gasteiger partial charge in [-0.3, -0.25) is 4.79 Å². The highest BCUT2D eigenvalue weighted by Crippen LogP contribution is 2.33. The van der Waals surface area contributed by atoms with Crippen molar-refractivity contribution >= 4 is 34.8 Å². The van der Waals surface area contributed by atoms with Crippen LogP contribution >= 0.6 is 11.8 Å². The van der Waals surface area contributed by atoms with Crippen LogP contribution in [0.25, 0.3) is 5.32 Å². The summed E-state index contributed by atoms with van der Waals surface area (Å²) in [5, 5.41) is 9.62. The van der Waals surface area contributed by atoms with E-state index in [0.717, 1.165) is 17.3 Å². The molecule has 10 nitrogen and oxygen atoms in total. The van der Waals surface area contributed by atoms with Crippen molar-refractivity contribution in [3.05, 3.63) is 83.3 Å². The molecule has 0 radical (unpaired) electrons. The Morgan fingerprint density at radius 1 is 1.03 bits per heavy atom. The number of hydrogen-bond donors (Lipinski definition) is 0. The Labute approximate surface area is 213 Å². The van der Waals surface area contributed by atoms with Crippen molar-refractivity contribution < 1.29 is 28.4 Å². The molecule has 1 fully saturated rings. The number of rotatable bonds is 7. The first-order chi connectivity index (χ1) is 17.3. The van der Waals surface area contributed by atoms with Crippen molar-refractivity contribution in [1.82, 2.24) is 10.2 Å². The molecule has 1 saturated heterocycles. The number of hydrogen-bond acceptors (Lipinski definition) is 8. The highest BCUT2D eigenvalue weighted by atomic mass is 32.2. The third-order valence-electron chi connectivity index (χ3n) is 5.54. The molecule has 1 aliphatic rings. The van der Waals surface area contributed by atoms with Crippen molar-refractivity contribution in [2.75, 3.05) is 31.2 Å². The molecule has 0 bridgehead atoms. The quantitative estimate of drug-likeness (QED) is 0.446. The third kappa shape index (κ3) is 6.42. The molecule has 0 atom stereocenters. The lowest BCUT2D eigenvalue weighted by Crippen LogP contribution is -2.65. The molecule has 0 aliphatic carbocycles. The van der Waals surface area contributed by atoms with Gasteiger partial charge in [0.05, 0.1) is 28.5 Å². The minimum absolute atomic E-state index is 0.0329. The first-order valence-corrected chi connectivity index (χ1v) is 12.3. The maximum atomic E-state index is 12.8. The second kappa shape index (κ2) is 11.3. The van der Waals surface area contributed by atoms with E-state index < -0.39 is 10.7 Å². The maximum absolute atomic E-state index is 12.8. The number of aromatic nitrogens is 2. The van der Waals surface area contributed by atoms with E-state index in [2.05, 4.69) is 10.6 Å². The van der Waals surface area contributed by atoms with Crippen LogP contribution in [-0.2, 0) is 16.1 Å². The van der Waals surface area contributed by atoms with Gasteiger partial charge in [0.15, 0.2) is 0 Å². The van der Waals surface area contributed by atoms with Crippen LogP contribution in [0.15, 0.2) is 71.4 Å². The van der Waals surface area contributed by atoms with Crippen LogP contribution in [-0.4, -0.2) is 58.2 Å². The number of benzene rings is 2. The van der Waals surface area contributed by atoms with E-state index >= 15 is 0 Å². The van der Waals surface area contributed by atoms with E-state index in [1.54, 1.807) is 43.0 Å². The van der Waals surface area contributed by atoms with Crippen molar-refractivity contribution in [2.24, 2.45) is 0 Å². The Hall–Kier alpha value is -3.86. The summed E-state index contributed by atoms with van der Waals surface area (Å²) < 4.78 is 9.53. The van der Waals surface area contributed by atoms with Gasteiger partial charge in [-0.1, -0.05) is 72.4 Å². The van der Waals surface area contributed by atoms with Crippen molar-refractivity contribution in [1.29, 1.82) is 0 Å². The largest absolute Gasteiger partial charge is 0.587 e. The number of ether oxygens (including phenoxy) is 1. The lowest BCUT2D eigenvalue weighted by Gasteiger charge is -2.29. The minimum atomic E-state index is -1.09. The third-order valence-corrected chi connectivity index (χ3v) is 6.64. The van der Waals surface area contributed by atoms with E-state index in [-0.39, 0.29) is 23.7 Å². The molecule has 1 aliphatic heterocycles. The molecule has 2 amide bonds. The lowest BCUT2D eigenvalue weighted by atomic mass is 10.2. The monoisotopic (exact) mass is 509 g/mol. The van der Waals surface area contributed by atoms with Gasteiger partial charge >= 0.3 is 6.09 Å². The predicted molar refractivity (Wildman–Crippen MR) is 133 cm³/mol. The number of piperazine rings is 1. The van der Waals surface area contributed by atoms with Gasteiger partial charge in [0.25, 0.3) is 6.20 Å². The van der Waals surface area contributed by atoms with Gasteiger partial charge in [-0.2, -0.15) is 0 Å². The molecular formula is C25H27N5O5S. The molecule has 36 heavy (non-hydrogen) atoms. The zero-order valence-corrected chi connectivity index (χ0v) is 20.9. The highest BCUT2D eigenvalue weighted by molar-refractivity contribution is 8.15. The average Bonchev–Trinajstić information content (AvgIpc) is 3.36. The fourth-order valence-corrected chi connectivity index (χ4v) is 4.30. The van der Waals surface area contributed by atoms with E-state index in [0.29, 0.717) is 31.7 Å². The van der Waals surface area contributed by atoms with Crippen molar-refractivity contribution in [3.8, 4) is 0 Å². The fraction of sp³-hybridized carbons (Fsp3) is 0.320. The number of amides is 2. The van der Waals surface area contributed by atoms with Crippen LogP contribution in [0.1, 0.15) is 29.8 Å². The second-order valence-electron chi connectivity index (χ2n) is 8.62. The van der Waals surface area contributed by atoms with Crippen LogP contribution in [0, 0.1) is 0 Å². The number of thioether (sulfide) groups is 1. The van der Waals surface area contributed by atoms with Crippen LogP contribution in [0.2, 0.25) is 0 Å². The molecule has 11 heteroatoms. The van der Waals surface area contributed by atoms with E-state index in [4.69, 9.17) is 9.26 Å². The normalized spacial score (nSPS) is 13.8. The molecule has 0 spiro atoms. The van der Waals surface area contributed by atoms with Crippen LogP contribution in [0.3, 0.4) is 0 Å².